The smallest absolute Gasteiger partial charge is 0.255 e. The molecule has 3 rings (SSSR count). The van der Waals surface area contributed by atoms with Crippen LogP contribution in [0.25, 0.3) is 0 Å². The Hall–Kier alpha value is -2.34. The predicted molar refractivity (Wildman–Crippen MR) is 96.1 cm³/mol. The number of sulfonamides is 1. The van der Waals surface area contributed by atoms with Gasteiger partial charge in [0.15, 0.2) is 0 Å². The van der Waals surface area contributed by atoms with Crippen LogP contribution >= 0.6 is 0 Å². The maximum Gasteiger partial charge on any atom is 0.255 e. The van der Waals surface area contributed by atoms with E-state index in [1.165, 1.54) is 10.6 Å². The van der Waals surface area contributed by atoms with Crippen LogP contribution in [0.15, 0.2) is 42.5 Å². The largest absolute Gasteiger partial charge is 0.322 e. The zero-order valence-electron chi connectivity index (χ0n) is 13.9. The van der Waals surface area contributed by atoms with E-state index in [2.05, 4.69) is 5.32 Å². The summed E-state index contributed by atoms with van der Waals surface area (Å²) in [6.07, 6.45) is 1.81. The molecule has 1 heterocycles. The van der Waals surface area contributed by atoms with Gasteiger partial charge < -0.3 is 5.32 Å². The molecule has 0 aliphatic carbocycles. The van der Waals surface area contributed by atoms with Crippen molar-refractivity contribution in [2.24, 2.45) is 0 Å². The molecule has 0 radical (unpaired) electrons. The number of amides is 1. The van der Waals surface area contributed by atoms with Crippen molar-refractivity contribution >= 4 is 27.3 Å². The Balaban J connectivity index is 1.89. The summed E-state index contributed by atoms with van der Waals surface area (Å²) in [4.78, 5) is 12.5. The van der Waals surface area contributed by atoms with E-state index in [-0.39, 0.29) is 11.9 Å². The van der Waals surface area contributed by atoms with Crippen molar-refractivity contribution in [1.29, 1.82) is 0 Å². The molecule has 0 saturated heterocycles. The number of nitrogens with one attached hydrogen (secondary N) is 1. The highest BCUT2D eigenvalue weighted by atomic mass is 32.2. The van der Waals surface area contributed by atoms with Gasteiger partial charge >= 0.3 is 0 Å². The standard InChI is InChI=1S/C18H20N2O3S/c1-12-6-4-5-7-16(12)19-18(21)14-8-9-17-15(11-14)10-13(2)20(17)24(3,22)23/h4-9,11,13H,10H2,1-3H3,(H,19,21). The van der Waals surface area contributed by atoms with E-state index in [1.807, 2.05) is 38.1 Å². The number of aryl methyl sites for hydroxylation is 1. The van der Waals surface area contributed by atoms with Crippen LogP contribution in [0.3, 0.4) is 0 Å². The highest BCUT2D eigenvalue weighted by Gasteiger charge is 2.32. The van der Waals surface area contributed by atoms with Gasteiger partial charge in [0, 0.05) is 17.3 Å². The molecule has 0 spiro atoms. The second-order valence-corrected chi connectivity index (χ2v) is 8.08. The third kappa shape index (κ3) is 3.01. The first-order valence-corrected chi connectivity index (χ1v) is 9.61. The summed E-state index contributed by atoms with van der Waals surface area (Å²) >= 11 is 0. The van der Waals surface area contributed by atoms with E-state index in [1.54, 1.807) is 18.2 Å². The minimum atomic E-state index is -3.32. The number of benzene rings is 2. The van der Waals surface area contributed by atoms with Crippen molar-refractivity contribution in [3.63, 3.8) is 0 Å². The molecule has 1 N–H and O–H groups in total. The molecule has 1 aliphatic rings. The van der Waals surface area contributed by atoms with E-state index in [0.717, 1.165) is 16.8 Å². The average Bonchev–Trinajstić information content (AvgIpc) is 2.84. The van der Waals surface area contributed by atoms with Crippen LogP contribution in [0.4, 0.5) is 11.4 Å². The van der Waals surface area contributed by atoms with Gasteiger partial charge in [0.1, 0.15) is 0 Å². The summed E-state index contributed by atoms with van der Waals surface area (Å²) in [5, 5.41) is 2.90. The molecule has 6 heteroatoms. The summed E-state index contributed by atoms with van der Waals surface area (Å²) in [6.45, 7) is 3.80. The lowest BCUT2D eigenvalue weighted by Gasteiger charge is -2.21. The number of carbonyl (C=O) groups excluding carboxylic acids is 1. The average molecular weight is 344 g/mol. The van der Waals surface area contributed by atoms with Gasteiger partial charge in [-0.1, -0.05) is 18.2 Å². The van der Waals surface area contributed by atoms with Crippen LogP contribution in [0.2, 0.25) is 0 Å². The second kappa shape index (κ2) is 5.94. The number of carbonyl (C=O) groups is 1. The maximum absolute atomic E-state index is 12.5. The first-order chi connectivity index (χ1) is 11.3. The van der Waals surface area contributed by atoms with Crippen LogP contribution in [-0.2, 0) is 16.4 Å². The quantitative estimate of drug-likeness (QED) is 0.931. The highest BCUT2D eigenvalue weighted by molar-refractivity contribution is 7.92. The van der Waals surface area contributed by atoms with Gasteiger partial charge in [-0.15, -0.1) is 0 Å². The molecule has 1 unspecified atom stereocenters. The van der Waals surface area contributed by atoms with E-state index < -0.39 is 10.0 Å². The zero-order chi connectivity index (χ0) is 17.5. The van der Waals surface area contributed by atoms with Crippen molar-refractivity contribution in [2.45, 2.75) is 26.3 Å². The van der Waals surface area contributed by atoms with Crippen molar-refractivity contribution in [1.82, 2.24) is 0 Å². The van der Waals surface area contributed by atoms with Crippen LogP contribution in [0.5, 0.6) is 0 Å². The molecule has 0 bridgehead atoms. The van der Waals surface area contributed by atoms with Crippen molar-refractivity contribution < 1.29 is 13.2 Å². The van der Waals surface area contributed by atoms with E-state index in [9.17, 15) is 13.2 Å². The third-order valence-electron chi connectivity index (χ3n) is 4.25. The van der Waals surface area contributed by atoms with Crippen LogP contribution < -0.4 is 9.62 Å². The molecule has 5 nitrogen and oxygen atoms in total. The SMILES string of the molecule is Cc1ccccc1NC(=O)c1ccc2c(c1)CC(C)N2S(C)(=O)=O. The molecule has 0 aromatic heterocycles. The fourth-order valence-corrected chi connectivity index (χ4v) is 4.42. The topological polar surface area (TPSA) is 66.5 Å². The van der Waals surface area contributed by atoms with Crippen molar-refractivity contribution in [3.8, 4) is 0 Å². The Morgan fingerprint density at radius 1 is 1.21 bits per heavy atom. The molecular formula is C18H20N2O3S. The van der Waals surface area contributed by atoms with Crippen LogP contribution in [0, 0.1) is 6.92 Å². The summed E-state index contributed by atoms with van der Waals surface area (Å²) < 4.78 is 25.3. The molecule has 1 amide bonds. The molecule has 0 fully saturated rings. The second-order valence-electron chi connectivity index (χ2n) is 6.22. The first kappa shape index (κ1) is 16.5. The van der Waals surface area contributed by atoms with Gasteiger partial charge in [0.2, 0.25) is 10.0 Å². The number of hydrogen-bond acceptors (Lipinski definition) is 3. The van der Waals surface area contributed by atoms with Gasteiger partial charge in [-0.2, -0.15) is 0 Å². The van der Waals surface area contributed by atoms with Crippen LogP contribution in [0.1, 0.15) is 28.4 Å². The van der Waals surface area contributed by atoms with Gasteiger partial charge in [0.25, 0.3) is 5.91 Å². The fraction of sp³-hybridized carbons (Fsp3) is 0.278. The van der Waals surface area contributed by atoms with Gasteiger partial charge in [-0.3, -0.25) is 9.10 Å². The number of anilines is 2. The Morgan fingerprint density at radius 2 is 1.92 bits per heavy atom. The van der Waals surface area contributed by atoms with E-state index >= 15 is 0 Å². The lowest BCUT2D eigenvalue weighted by atomic mass is 10.1. The molecule has 126 valence electrons. The minimum Gasteiger partial charge on any atom is -0.322 e. The van der Waals surface area contributed by atoms with Gasteiger partial charge in [0.05, 0.1) is 11.9 Å². The predicted octanol–water partition coefficient (Wildman–Crippen LogP) is 2.96. The van der Waals surface area contributed by atoms with E-state index in [0.29, 0.717) is 17.7 Å². The van der Waals surface area contributed by atoms with Crippen LogP contribution in [-0.4, -0.2) is 26.6 Å². The summed E-state index contributed by atoms with van der Waals surface area (Å²) in [5.41, 5.74) is 3.83. The minimum absolute atomic E-state index is 0.135. The highest BCUT2D eigenvalue weighted by Crippen LogP contribution is 2.34. The number of para-hydroxylation sites is 1. The summed E-state index contributed by atoms with van der Waals surface area (Å²) in [6, 6.07) is 12.6. The molecular weight excluding hydrogens is 324 g/mol. The van der Waals surface area contributed by atoms with E-state index in [4.69, 9.17) is 0 Å². The lowest BCUT2D eigenvalue weighted by Crippen LogP contribution is -2.34. The van der Waals surface area contributed by atoms with Gasteiger partial charge in [-0.05, 0) is 55.7 Å². The molecule has 1 atom stereocenters. The van der Waals surface area contributed by atoms with Crippen molar-refractivity contribution in [3.05, 3.63) is 59.2 Å². The lowest BCUT2D eigenvalue weighted by molar-refractivity contribution is 0.102. The zero-order valence-corrected chi connectivity index (χ0v) is 14.7. The molecule has 1 aliphatic heterocycles. The normalized spacial score (nSPS) is 16.8. The molecule has 0 saturated carbocycles. The Labute approximate surface area is 142 Å². The Bertz CT molecular complexity index is 906. The summed E-state index contributed by atoms with van der Waals surface area (Å²) in [7, 11) is -3.32. The molecule has 2 aromatic carbocycles. The number of rotatable bonds is 3. The number of fused-ring (bicyclic) bond motifs is 1. The summed E-state index contributed by atoms with van der Waals surface area (Å²) in [5.74, 6) is -0.197. The molecule has 24 heavy (non-hydrogen) atoms. The number of hydrogen-bond donors (Lipinski definition) is 1. The Morgan fingerprint density at radius 3 is 2.58 bits per heavy atom. The third-order valence-corrected chi connectivity index (χ3v) is 5.52. The maximum atomic E-state index is 12.5. The fourth-order valence-electron chi connectivity index (χ4n) is 3.16. The van der Waals surface area contributed by atoms with Crippen molar-refractivity contribution in [2.75, 3.05) is 15.9 Å². The number of nitrogens with zero attached hydrogens (tertiary/aromatic N) is 1. The Kier molecular flexibility index (Phi) is 4.09. The van der Waals surface area contributed by atoms with Gasteiger partial charge in [-0.25, -0.2) is 8.42 Å². The monoisotopic (exact) mass is 344 g/mol. The molecule has 2 aromatic rings. The first-order valence-electron chi connectivity index (χ1n) is 7.76.